The number of ether oxygens (including phenoxy) is 1. The lowest BCUT2D eigenvalue weighted by Crippen LogP contribution is -2.52. The molecule has 27 heavy (non-hydrogen) atoms. The van der Waals surface area contributed by atoms with Gasteiger partial charge >= 0.3 is 0 Å². The van der Waals surface area contributed by atoms with Gasteiger partial charge in [0.25, 0.3) is 0 Å². The standard InChI is InChI=1S/C17H29N3O5S2/c1-3-14(4-2)17(20-8-10-25-11-9-20)13-19-27(23,24)16-7-5-6-15(12-16)26(18,21)22/h5-7,12,14,17,19H,3-4,8-11,13H2,1-2H3,(H2,18,21,22). The number of rotatable bonds is 9. The zero-order valence-electron chi connectivity index (χ0n) is 15.8. The Bertz CT molecular complexity index is 817. The second kappa shape index (κ2) is 9.44. The molecule has 1 aromatic carbocycles. The van der Waals surface area contributed by atoms with Gasteiger partial charge in [-0.05, 0) is 24.1 Å². The fraction of sp³-hybridized carbons (Fsp3) is 0.647. The van der Waals surface area contributed by atoms with Crippen molar-refractivity contribution in [1.82, 2.24) is 9.62 Å². The van der Waals surface area contributed by atoms with E-state index < -0.39 is 20.0 Å². The van der Waals surface area contributed by atoms with E-state index >= 15 is 0 Å². The number of sulfonamides is 2. The van der Waals surface area contributed by atoms with E-state index in [-0.39, 0.29) is 22.4 Å². The minimum absolute atomic E-state index is 0.0556. The highest BCUT2D eigenvalue weighted by molar-refractivity contribution is 7.90. The van der Waals surface area contributed by atoms with Crippen LogP contribution in [0.4, 0.5) is 0 Å². The van der Waals surface area contributed by atoms with Crippen molar-refractivity contribution in [3.63, 3.8) is 0 Å². The van der Waals surface area contributed by atoms with Crippen molar-refractivity contribution in [2.45, 2.75) is 42.5 Å². The van der Waals surface area contributed by atoms with Crippen LogP contribution in [0.3, 0.4) is 0 Å². The Labute approximate surface area is 162 Å². The molecule has 1 aliphatic heterocycles. The summed E-state index contributed by atoms with van der Waals surface area (Å²) in [6, 6.07) is 5.14. The van der Waals surface area contributed by atoms with Crippen molar-refractivity contribution in [2.75, 3.05) is 32.8 Å². The van der Waals surface area contributed by atoms with Crippen molar-refractivity contribution in [3.8, 4) is 0 Å². The SMILES string of the molecule is CCC(CC)C(CNS(=O)(=O)c1cccc(S(N)(=O)=O)c1)N1CCOCC1. The van der Waals surface area contributed by atoms with E-state index in [1.165, 1.54) is 18.2 Å². The Hall–Kier alpha value is -1.04. The van der Waals surface area contributed by atoms with Gasteiger partial charge in [-0.1, -0.05) is 32.8 Å². The van der Waals surface area contributed by atoms with Gasteiger partial charge in [0.15, 0.2) is 0 Å². The topological polar surface area (TPSA) is 119 Å². The van der Waals surface area contributed by atoms with E-state index in [0.29, 0.717) is 19.1 Å². The Kier molecular flexibility index (Phi) is 7.78. The van der Waals surface area contributed by atoms with E-state index in [1.54, 1.807) is 0 Å². The molecule has 0 saturated carbocycles. The van der Waals surface area contributed by atoms with Gasteiger partial charge in [0.2, 0.25) is 20.0 Å². The Morgan fingerprint density at radius 2 is 1.70 bits per heavy atom. The van der Waals surface area contributed by atoms with Gasteiger partial charge in [-0.15, -0.1) is 0 Å². The maximum absolute atomic E-state index is 12.7. The van der Waals surface area contributed by atoms with E-state index in [2.05, 4.69) is 23.5 Å². The van der Waals surface area contributed by atoms with Crippen molar-refractivity contribution in [2.24, 2.45) is 11.1 Å². The first-order valence-corrected chi connectivity index (χ1v) is 12.2. The van der Waals surface area contributed by atoms with E-state index in [4.69, 9.17) is 9.88 Å². The smallest absolute Gasteiger partial charge is 0.240 e. The third-order valence-corrected chi connectivity index (χ3v) is 7.37. The molecule has 154 valence electrons. The number of hydrogen-bond acceptors (Lipinski definition) is 6. The third-order valence-electron chi connectivity index (χ3n) is 5.03. The Morgan fingerprint density at radius 3 is 2.26 bits per heavy atom. The summed E-state index contributed by atoms with van der Waals surface area (Å²) >= 11 is 0. The highest BCUT2D eigenvalue weighted by Crippen LogP contribution is 2.21. The Morgan fingerprint density at radius 1 is 1.11 bits per heavy atom. The van der Waals surface area contributed by atoms with Crippen molar-refractivity contribution >= 4 is 20.0 Å². The van der Waals surface area contributed by atoms with Gasteiger partial charge < -0.3 is 4.74 Å². The molecule has 1 fully saturated rings. The normalized spacial score (nSPS) is 17.9. The number of primary sulfonamides is 1. The number of benzene rings is 1. The first kappa shape index (κ1) is 22.3. The molecule has 1 atom stereocenters. The van der Waals surface area contributed by atoms with Crippen molar-refractivity contribution in [1.29, 1.82) is 0 Å². The summed E-state index contributed by atoms with van der Waals surface area (Å²) in [6.07, 6.45) is 1.89. The van der Waals surface area contributed by atoms with Crippen LogP contribution < -0.4 is 9.86 Å². The molecule has 8 nitrogen and oxygen atoms in total. The molecule has 2 rings (SSSR count). The molecule has 3 N–H and O–H groups in total. The molecule has 1 unspecified atom stereocenters. The molecule has 1 saturated heterocycles. The summed E-state index contributed by atoms with van der Waals surface area (Å²) < 4.78 is 56.5. The quantitative estimate of drug-likeness (QED) is 0.610. The monoisotopic (exact) mass is 419 g/mol. The van der Waals surface area contributed by atoms with Crippen LogP contribution in [-0.2, 0) is 24.8 Å². The molecule has 0 bridgehead atoms. The maximum Gasteiger partial charge on any atom is 0.240 e. The molecular formula is C17H29N3O5S2. The van der Waals surface area contributed by atoms with Crippen LogP contribution in [0.25, 0.3) is 0 Å². The van der Waals surface area contributed by atoms with E-state index in [0.717, 1.165) is 32.0 Å². The lowest BCUT2D eigenvalue weighted by molar-refractivity contribution is 0.00297. The van der Waals surface area contributed by atoms with Crippen LogP contribution in [0.5, 0.6) is 0 Å². The van der Waals surface area contributed by atoms with Crippen molar-refractivity contribution in [3.05, 3.63) is 24.3 Å². The average Bonchev–Trinajstić information content (AvgIpc) is 2.65. The number of nitrogens with one attached hydrogen (secondary N) is 1. The second-order valence-corrected chi connectivity index (χ2v) is 9.99. The molecule has 1 aromatic rings. The molecular weight excluding hydrogens is 390 g/mol. The van der Waals surface area contributed by atoms with Crippen LogP contribution in [0.15, 0.2) is 34.1 Å². The largest absolute Gasteiger partial charge is 0.379 e. The zero-order valence-corrected chi connectivity index (χ0v) is 17.4. The van der Waals surface area contributed by atoms with Crippen molar-refractivity contribution < 1.29 is 21.6 Å². The fourth-order valence-corrected chi connectivity index (χ4v) is 5.16. The molecule has 0 amide bonds. The van der Waals surface area contributed by atoms with Gasteiger partial charge in [0.05, 0.1) is 23.0 Å². The number of nitrogens with zero attached hydrogens (tertiary/aromatic N) is 1. The lowest BCUT2D eigenvalue weighted by Gasteiger charge is -2.38. The summed E-state index contributed by atoms with van der Waals surface area (Å²) in [5, 5.41) is 5.10. The number of morpholine rings is 1. The fourth-order valence-electron chi connectivity index (χ4n) is 3.43. The molecule has 0 radical (unpaired) electrons. The summed E-state index contributed by atoms with van der Waals surface area (Å²) in [7, 11) is -7.82. The first-order chi connectivity index (χ1) is 12.7. The van der Waals surface area contributed by atoms with Gasteiger partial charge in [-0.3, -0.25) is 4.90 Å². The summed E-state index contributed by atoms with van der Waals surface area (Å²) in [6.45, 7) is 7.28. The first-order valence-electron chi connectivity index (χ1n) is 9.13. The number of hydrogen-bond donors (Lipinski definition) is 2. The molecule has 1 heterocycles. The lowest BCUT2D eigenvalue weighted by atomic mass is 9.92. The summed E-state index contributed by atoms with van der Waals surface area (Å²) in [5.74, 6) is 0.349. The zero-order chi connectivity index (χ0) is 20.1. The average molecular weight is 420 g/mol. The maximum atomic E-state index is 12.7. The van der Waals surface area contributed by atoms with Crippen LogP contribution in [0.1, 0.15) is 26.7 Å². The van der Waals surface area contributed by atoms with Gasteiger partial charge in [-0.2, -0.15) is 0 Å². The van der Waals surface area contributed by atoms with Gasteiger partial charge in [0.1, 0.15) is 0 Å². The highest BCUT2D eigenvalue weighted by atomic mass is 32.2. The molecule has 10 heteroatoms. The molecule has 0 aromatic heterocycles. The van der Waals surface area contributed by atoms with E-state index in [1.807, 2.05) is 0 Å². The summed E-state index contributed by atoms with van der Waals surface area (Å²) in [5.41, 5.74) is 0. The molecule has 1 aliphatic rings. The predicted octanol–water partition coefficient (Wildman–Crippen LogP) is 0.749. The minimum Gasteiger partial charge on any atom is -0.379 e. The predicted molar refractivity (Wildman–Crippen MR) is 103 cm³/mol. The van der Waals surface area contributed by atoms with Crippen LogP contribution in [0.2, 0.25) is 0 Å². The van der Waals surface area contributed by atoms with Crippen LogP contribution in [-0.4, -0.2) is 60.6 Å². The number of nitrogens with two attached hydrogens (primary N) is 1. The second-order valence-electron chi connectivity index (χ2n) is 6.66. The molecule has 0 spiro atoms. The highest BCUT2D eigenvalue weighted by Gasteiger charge is 2.28. The van der Waals surface area contributed by atoms with E-state index in [9.17, 15) is 16.8 Å². The minimum atomic E-state index is -3.97. The van der Waals surface area contributed by atoms with Gasteiger partial charge in [-0.25, -0.2) is 26.7 Å². The molecule has 0 aliphatic carbocycles. The third kappa shape index (κ3) is 5.97. The van der Waals surface area contributed by atoms with Crippen LogP contribution in [0, 0.1) is 5.92 Å². The summed E-state index contributed by atoms with van der Waals surface area (Å²) in [4.78, 5) is 1.93. The van der Waals surface area contributed by atoms with Crippen LogP contribution >= 0.6 is 0 Å². The Balaban J connectivity index is 2.19. The van der Waals surface area contributed by atoms with Gasteiger partial charge in [0, 0.05) is 25.7 Å².